The lowest BCUT2D eigenvalue weighted by atomic mass is 10.1. The molecule has 1 aliphatic heterocycles. The van der Waals surface area contributed by atoms with Crippen molar-refractivity contribution >= 4 is 17.7 Å². The van der Waals surface area contributed by atoms with Gasteiger partial charge in [-0.3, -0.25) is 0 Å². The van der Waals surface area contributed by atoms with Crippen LogP contribution in [0.2, 0.25) is 0 Å². The van der Waals surface area contributed by atoms with E-state index in [4.69, 9.17) is 5.11 Å². The first-order chi connectivity index (χ1) is 9.93. The zero-order valence-corrected chi connectivity index (χ0v) is 12.7. The first kappa shape index (κ1) is 15.4. The van der Waals surface area contributed by atoms with Crippen molar-refractivity contribution in [2.24, 2.45) is 0 Å². The minimum absolute atomic E-state index is 0.0991. The van der Waals surface area contributed by atoms with Crippen molar-refractivity contribution < 1.29 is 14.7 Å². The fourth-order valence-corrected chi connectivity index (χ4v) is 2.96. The summed E-state index contributed by atoms with van der Waals surface area (Å²) < 4.78 is 0. The Hall–Kier alpha value is -2.04. The Labute approximate surface area is 125 Å². The Kier molecular flexibility index (Phi) is 4.50. The van der Waals surface area contributed by atoms with Gasteiger partial charge in [-0.25, -0.2) is 9.59 Å². The zero-order chi connectivity index (χ0) is 15.6. The quantitative estimate of drug-likeness (QED) is 0.895. The van der Waals surface area contributed by atoms with Crippen molar-refractivity contribution in [1.82, 2.24) is 4.90 Å². The molecule has 2 atom stereocenters. The molecule has 5 nitrogen and oxygen atoms in total. The van der Waals surface area contributed by atoms with E-state index < -0.39 is 5.97 Å². The maximum Gasteiger partial charge on any atom is 0.335 e. The molecule has 0 radical (unpaired) electrons. The summed E-state index contributed by atoms with van der Waals surface area (Å²) in [5.41, 5.74) is 1.65. The van der Waals surface area contributed by atoms with Gasteiger partial charge in [0.25, 0.3) is 0 Å². The molecular formula is C16H22N2O3. The normalized spacial score (nSPS) is 21.4. The van der Waals surface area contributed by atoms with Crippen LogP contribution in [0.15, 0.2) is 18.2 Å². The molecule has 21 heavy (non-hydrogen) atoms. The topological polar surface area (TPSA) is 69.6 Å². The molecule has 114 valence electrons. The molecule has 2 N–H and O–H groups in total. The monoisotopic (exact) mass is 290 g/mol. The molecule has 0 spiro atoms. The minimum Gasteiger partial charge on any atom is -0.478 e. The van der Waals surface area contributed by atoms with E-state index in [9.17, 15) is 9.59 Å². The molecule has 0 bridgehead atoms. The fourth-order valence-electron chi connectivity index (χ4n) is 2.96. The van der Waals surface area contributed by atoms with Crippen LogP contribution >= 0.6 is 0 Å². The number of nitrogens with zero attached hydrogens (tertiary/aromatic N) is 1. The third-order valence-corrected chi connectivity index (χ3v) is 4.21. The van der Waals surface area contributed by atoms with E-state index in [-0.39, 0.29) is 17.6 Å². The predicted octanol–water partition coefficient (Wildman–Crippen LogP) is 3.49. The highest BCUT2D eigenvalue weighted by Gasteiger charge is 2.33. The molecule has 2 rings (SSSR count). The van der Waals surface area contributed by atoms with Crippen molar-refractivity contribution in [2.75, 3.05) is 5.32 Å². The molecule has 5 heteroatoms. The Bertz CT molecular complexity index is 556. The summed E-state index contributed by atoms with van der Waals surface area (Å²) in [4.78, 5) is 25.3. The van der Waals surface area contributed by atoms with E-state index in [2.05, 4.69) is 19.2 Å². The van der Waals surface area contributed by atoms with Gasteiger partial charge in [-0.05, 0) is 56.9 Å². The van der Waals surface area contributed by atoms with Crippen molar-refractivity contribution in [3.05, 3.63) is 29.3 Å². The van der Waals surface area contributed by atoms with Crippen molar-refractivity contribution in [1.29, 1.82) is 0 Å². The summed E-state index contributed by atoms with van der Waals surface area (Å²) in [5, 5.41) is 11.9. The highest BCUT2D eigenvalue weighted by molar-refractivity contribution is 5.93. The molecule has 1 fully saturated rings. The van der Waals surface area contributed by atoms with E-state index in [1.807, 2.05) is 4.90 Å². The maximum atomic E-state index is 12.5. The maximum absolute atomic E-state index is 12.5. The van der Waals surface area contributed by atoms with Crippen LogP contribution in [0.5, 0.6) is 0 Å². The summed E-state index contributed by atoms with van der Waals surface area (Å²) in [6.07, 6.45) is 3.03. The van der Waals surface area contributed by atoms with Crippen LogP contribution in [0.25, 0.3) is 0 Å². The standard InChI is InChI=1S/C16H22N2O3/c1-4-13-7-5-11(3)18(13)16(21)17-14-8-6-12(15(19)20)9-10(14)2/h6,8-9,11,13H,4-5,7H2,1-3H3,(H,17,21)(H,19,20). The van der Waals surface area contributed by atoms with Crippen LogP contribution in [0.1, 0.15) is 49.0 Å². The third kappa shape index (κ3) is 3.17. The summed E-state index contributed by atoms with van der Waals surface area (Å²) in [5.74, 6) is -0.963. The van der Waals surface area contributed by atoms with Gasteiger partial charge >= 0.3 is 12.0 Å². The first-order valence-corrected chi connectivity index (χ1v) is 7.37. The number of amides is 2. The summed E-state index contributed by atoms with van der Waals surface area (Å²) in [6, 6.07) is 5.17. The number of nitrogens with one attached hydrogen (secondary N) is 1. The molecular weight excluding hydrogens is 268 g/mol. The van der Waals surface area contributed by atoms with Gasteiger partial charge in [0.2, 0.25) is 0 Å². The second kappa shape index (κ2) is 6.16. The molecule has 1 heterocycles. The highest BCUT2D eigenvalue weighted by Crippen LogP contribution is 2.27. The lowest BCUT2D eigenvalue weighted by Crippen LogP contribution is -2.42. The van der Waals surface area contributed by atoms with E-state index >= 15 is 0 Å². The largest absolute Gasteiger partial charge is 0.478 e. The van der Waals surface area contributed by atoms with Crippen molar-refractivity contribution in [3.63, 3.8) is 0 Å². The predicted molar refractivity (Wildman–Crippen MR) is 81.8 cm³/mol. The van der Waals surface area contributed by atoms with Gasteiger partial charge in [-0.2, -0.15) is 0 Å². The molecule has 0 saturated carbocycles. The number of likely N-dealkylation sites (tertiary alicyclic amines) is 1. The van der Waals surface area contributed by atoms with Crippen LogP contribution in [0.3, 0.4) is 0 Å². The number of carbonyl (C=O) groups excluding carboxylic acids is 1. The van der Waals surface area contributed by atoms with E-state index in [0.717, 1.165) is 24.8 Å². The molecule has 0 aliphatic carbocycles. The molecule has 2 amide bonds. The van der Waals surface area contributed by atoms with Crippen LogP contribution in [-0.4, -0.2) is 34.1 Å². The average molecular weight is 290 g/mol. The Morgan fingerprint density at radius 1 is 1.38 bits per heavy atom. The molecule has 2 unspecified atom stereocenters. The number of hydrogen-bond acceptors (Lipinski definition) is 2. The van der Waals surface area contributed by atoms with Crippen LogP contribution in [0, 0.1) is 6.92 Å². The van der Waals surface area contributed by atoms with Gasteiger partial charge in [0, 0.05) is 17.8 Å². The second-order valence-corrected chi connectivity index (χ2v) is 5.66. The van der Waals surface area contributed by atoms with Gasteiger partial charge in [-0.15, -0.1) is 0 Å². The van der Waals surface area contributed by atoms with Crippen LogP contribution in [-0.2, 0) is 0 Å². The highest BCUT2D eigenvalue weighted by atomic mass is 16.4. The molecule has 1 aliphatic rings. The van der Waals surface area contributed by atoms with E-state index in [1.165, 1.54) is 6.07 Å². The number of benzene rings is 1. The van der Waals surface area contributed by atoms with Crippen LogP contribution in [0.4, 0.5) is 10.5 Å². The number of carboxylic acid groups (broad SMARTS) is 1. The second-order valence-electron chi connectivity index (χ2n) is 5.66. The lowest BCUT2D eigenvalue weighted by Gasteiger charge is -2.28. The number of rotatable bonds is 3. The van der Waals surface area contributed by atoms with Gasteiger partial charge in [0.1, 0.15) is 0 Å². The average Bonchev–Trinajstić information content (AvgIpc) is 2.81. The Morgan fingerprint density at radius 2 is 2.10 bits per heavy atom. The molecule has 1 aromatic rings. The number of anilines is 1. The third-order valence-electron chi connectivity index (χ3n) is 4.21. The van der Waals surface area contributed by atoms with Crippen molar-refractivity contribution in [2.45, 2.75) is 52.1 Å². The lowest BCUT2D eigenvalue weighted by molar-refractivity contribution is 0.0697. The number of urea groups is 1. The van der Waals surface area contributed by atoms with Gasteiger partial charge < -0.3 is 15.3 Å². The van der Waals surface area contributed by atoms with Gasteiger partial charge in [0.05, 0.1) is 5.56 Å². The number of carboxylic acids is 1. The Morgan fingerprint density at radius 3 is 2.67 bits per heavy atom. The SMILES string of the molecule is CCC1CCC(C)N1C(=O)Nc1ccc(C(=O)O)cc1C. The summed E-state index contributed by atoms with van der Waals surface area (Å²) in [7, 11) is 0. The molecule has 1 aromatic carbocycles. The molecule has 0 aromatic heterocycles. The van der Waals surface area contributed by atoms with Gasteiger partial charge in [-0.1, -0.05) is 6.92 Å². The van der Waals surface area contributed by atoms with Crippen molar-refractivity contribution in [3.8, 4) is 0 Å². The van der Waals surface area contributed by atoms with Crippen LogP contribution < -0.4 is 5.32 Å². The number of carbonyl (C=O) groups is 2. The number of aromatic carboxylic acids is 1. The van der Waals surface area contributed by atoms with E-state index in [1.54, 1.807) is 19.1 Å². The Balaban J connectivity index is 2.14. The zero-order valence-electron chi connectivity index (χ0n) is 12.7. The van der Waals surface area contributed by atoms with E-state index in [0.29, 0.717) is 11.7 Å². The fraction of sp³-hybridized carbons (Fsp3) is 0.500. The smallest absolute Gasteiger partial charge is 0.335 e. The summed E-state index contributed by atoms with van der Waals surface area (Å²) >= 11 is 0. The summed E-state index contributed by atoms with van der Waals surface area (Å²) in [6.45, 7) is 5.96. The first-order valence-electron chi connectivity index (χ1n) is 7.37. The molecule has 1 saturated heterocycles. The number of hydrogen-bond donors (Lipinski definition) is 2. The number of aryl methyl sites for hydroxylation is 1. The van der Waals surface area contributed by atoms with Gasteiger partial charge in [0.15, 0.2) is 0 Å². The minimum atomic E-state index is -0.963.